The predicted molar refractivity (Wildman–Crippen MR) is 74.2 cm³/mol. The van der Waals surface area contributed by atoms with Gasteiger partial charge in [-0.2, -0.15) is 0 Å². The molecule has 2 nitrogen and oxygen atoms in total. The van der Waals surface area contributed by atoms with Gasteiger partial charge in [0.05, 0.1) is 15.7 Å². The summed E-state index contributed by atoms with van der Waals surface area (Å²) in [6, 6.07) is 0.607. The Kier molecular flexibility index (Phi) is 4.30. The van der Waals surface area contributed by atoms with Gasteiger partial charge in [-0.15, -0.1) is 0 Å². The van der Waals surface area contributed by atoms with E-state index in [9.17, 15) is 4.21 Å². The van der Waals surface area contributed by atoms with Gasteiger partial charge in [0.2, 0.25) is 0 Å². The lowest BCUT2D eigenvalue weighted by atomic mass is 9.83. The third-order valence-electron chi connectivity index (χ3n) is 4.18. The molecule has 1 heterocycles. The molecular formula is C14H27NOS. The number of hydrogen-bond acceptors (Lipinski definition) is 1. The van der Waals surface area contributed by atoms with Crippen LogP contribution in [0.15, 0.2) is 0 Å². The highest BCUT2D eigenvalue weighted by Gasteiger charge is 2.38. The molecule has 0 aromatic carbocycles. The summed E-state index contributed by atoms with van der Waals surface area (Å²) in [5.74, 6) is 0.817. The first-order valence-corrected chi connectivity index (χ1v) is 8.29. The van der Waals surface area contributed by atoms with Crippen LogP contribution < -0.4 is 0 Å². The summed E-state index contributed by atoms with van der Waals surface area (Å²) in [5.41, 5.74) is 0. The smallest absolute Gasteiger partial charge is 0.1000 e. The zero-order valence-electron chi connectivity index (χ0n) is 11.6. The van der Waals surface area contributed by atoms with Crippen molar-refractivity contribution < 1.29 is 4.21 Å². The molecule has 0 bridgehead atoms. The molecule has 2 fully saturated rings. The zero-order chi connectivity index (χ0) is 12.5. The van der Waals surface area contributed by atoms with Gasteiger partial charge < -0.3 is 0 Å². The molecule has 3 heteroatoms. The van der Waals surface area contributed by atoms with Crippen LogP contribution in [-0.4, -0.2) is 25.8 Å². The van der Waals surface area contributed by atoms with Crippen molar-refractivity contribution in [2.75, 3.05) is 6.54 Å². The van der Waals surface area contributed by atoms with Crippen molar-refractivity contribution >= 4 is 11.0 Å². The highest BCUT2D eigenvalue weighted by Crippen LogP contribution is 2.36. The van der Waals surface area contributed by atoms with Gasteiger partial charge >= 0.3 is 0 Å². The second-order valence-corrected chi connectivity index (χ2v) is 8.80. The average molecular weight is 257 g/mol. The van der Waals surface area contributed by atoms with Gasteiger partial charge in [-0.1, -0.05) is 19.3 Å². The van der Waals surface area contributed by atoms with Crippen molar-refractivity contribution in [3.05, 3.63) is 0 Å². The summed E-state index contributed by atoms with van der Waals surface area (Å²) in [7, 11) is -0.811. The lowest BCUT2D eigenvalue weighted by Gasteiger charge is -2.36. The van der Waals surface area contributed by atoms with Crippen LogP contribution in [0.2, 0.25) is 0 Å². The monoisotopic (exact) mass is 257 g/mol. The minimum atomic E-state index is -0.811. The minimum Gasteiger partial charge on any atom is -0.242 e. The van der Waals surface area contributed by atoms with E-state index in [4.69, 9.17) is 0 Å². The number of rotatable bonds is 2. The van der Waals surface area contributed by atoms with Gasteiger partial charge in [0.15, 0.2) is 0 Å². The molecular weight excluding hydrogens is 230 g/mol. The molecule has 2 aliphatic rings. The second-order valence-electron chi connectivity index (χ2n) is 6.61. The Morgan fingerprint density at radius 2 is 1.65 bits per heavy atom. The first-order chi connectivity index (χ1) is 8.00. The molecule has 100 valence electrons. The molecule has 0 unspecified atom stereocenters. The molecule has 1 aliphatic heterocycles. The van der Waals surface area contributed by atoms with Crippen LogP contribution in [0.1, 0.15) is 65.7 Å². The number of hydrogen-bond donors (Lipinski definition) is 0. The predicted octanol–water partition coefficient (Wildman–Crippen LogP) is 3.49. The molecule has 0 aromatic rings. The molecule has 2 atom stereocenters. The molecule has 1 saturated carbocycles. The van der Waals surface area contributed by atoms with Gasteiger partial charge in [0.25, 0.3) is 0 Å². The van der Waals surface area contributed by atoms with Crippen LogP contribution in [0, 0.1) is 5.92 Å². The van der Waals surface area contributed by atoms with E-state index >= 15 is 0 Å². The molecule has 0 N–H and O–H groups in total. The lowest BCUT2D eigenvalue weighted by Crippen LogP contribution is -2.43. The maximum Gasteiger partial charge on any atom is 0.1000 e. The Labute approximate surface area is 109 Å². The Hall–Kier alpha value is 0.110. The van der Waals surface area contributed by atoms with Gasteiger partial charge in [-0.05, 0) is 52.4 Å². The van der Waals surface area contributed by atoms with Crippen molar-refractivity contribution in [2.24, 2.45) is 5.92 Å². The molecule has 1 aliphatic carbocycles. The maximum atomic E-state index is 12.6. The normalized spacial score (nSPS) is 30.6. The Morgan fingerprint density at radius 1 is 1.00 bits per heavy atom. The number of nitrogens with zero attached hydrogens (tertiary/aromatic N) is 1. The van der Waals surface area contributed by atoms with E-state index in [1.165, 1.54) is 44.9 Å². The molecule has 0 radical (unpaired) electrons. The van der Waals surface area contributed by atoms with Crippen LogP contribution in [0.5, 0.6) is 0 Å². The quantitative estimate of drug-likeness (QED) is 0.741. The van der Waals surface area contributed by atoms with Crippen LogP contribution in [0.3, 0.4) is 0 Å². The van der Waals surface area contributed by atoms with E-state index in [2.05, 4.69) is 25.1 Å². The molecule has 1 saturated heterocycles. The Balaban J connectivity index is 2.04. The van der Waals surface area contributed by atoms with E-state index in [0.717, 1.165) is 12.5 Å². The van der Waals surface area contributed by atoms with Gasteiger partial charge in [-0.3, -0.25) is 0 Å². The molecule has 17 heavy (non-hydrogen) atoms. The fourth-order valence-electron chi connectivity index (χ4n) is 3.31. The van der Waals surface area contributed by atoms with Crippen molar-refractivity contribution in [1.29, 1.82) is 0 Å². The van der Waals surface area contributed by atoms with Crippen LogP contribution in [0.4, 0.5) is 0 Å². The van der Waals surface area contributed by atoms with Crippen molar-refractivity contribution in [3.8, 4) is 0 Å². The molecule has 2 rings (SSSR count). The second kappa shape index (κ2) is 5.40. The van der Waals surface area contributed by atoms with Gasteiger partial charge in [-0.25, -0.2) is 8.51 Å². The largest absolute Gasteiger partial charge is 0.242 e. The zero-order valence-corrected chi connectivity index (χ0v) is 12.4. The summed E-state index contributed by atoms with van der Waals surface area (Å²) in [5, 5.41) is 0. The van der Waals surface area contributed by atoms with Crippen LogP contribution >= 0.6 is 0 Å². The lowest BCUT2D eigenvalue weighted by molar-refractivity contribution is 0.230. The Bertz CT molecular complexity index is 278. The van der Waals surface area contributed by atoms with Gasteiger partial charge in [0.1, 0.15) is 0 Å². The van der Waals surface area contributed by atoms with Crippen LogP contribution in [-0.2, 0) is 11.0 Å². The highest BCUT2D eigenvalue weighted by atomic mass is 32.2. The summed E-state index contributed by atoms with van der Waals surface area (Å²) in [6.07, 6.45) is 9.42. The highest BCUT2D eigenvalue weighted by molar-refractivity contribution is 7.84. The maximum absolute atomic E-state index is 12.6. The van der Waals surface area contributed by atoms with E-state index in [0.29, 0.717) is 6.04 Å². The molecule has 0 spiro atoms. The van der Waals surface area contributed by atoms with E-state index < -0.39 is 11.0 Å². The van der Waals surface area contributed by atoms with E-state index in [1.54, 1.807) is 0 Å². The SMILES string of the molecule is CC(C)(C)[S@@](=O)N1CCC[C@@H]1C1CCCCC1. The average Bonchev–Trinajstić information content (AvgIpc) is 2.76. The van der Waals surface area contributed by atoms with E-state index in [1.807, 2.05) is 0 Å². The summed E-state index contributed by atoms with van der Waals surface area (Å²) in [6.45, 7) is 7.34. The van der Waals surface area contributed by atoms with Crippen molar-refractivity contribution in [2.45, 2.75) is 76.5 Å². The third kappa shape index (κ3) is 3.11. The summed E-state index contributed by atoms with van der Waals surface area (Å²) >= 11 is 0. The van der Waals surface area contributed by atoms with Crippen molar-refractivity contribution in [3.63, 3.8) is 0 Å². The minimum absolute atomic E-state index is 0.0999. The first-order valence-electron chi connectivity index (χ1n) is 7.19. The van der Waals surface area contributed by atoms with E-state index in [-0.39, 0.29) is 4.75 Å². The fourth-order valence-corrected chi connectivity index (χ4v) is 4.84. The first kappa shape index (κ1) is 13.5. The topological polar surface area (TPSA) is 20.3 Å². The van der Waals surface area contributed by atoms with Crippen molar-refractivity contribution in [1.82, 2.24) is 4.31 Å². The standard InChI is InChI=1S/C14H27NOS/c1-14(2,3)17(16)15-11-7-10-13(15)12-8-5-4-6-9-12/h12-13H,4-11H2,1-3H3/t13-,17-/m1/s1. The third-order valence-corrected chi connectivity index (χ3v) is 6.11. The fraction of sp³-hybridized carbons (Fsp3) is 1.00. The molecule has 0 amide bonds. The summed E-state index contributed by atoms with van der Waals surface area (Å²) in [4.78, 5) is 0. The Morgan fingerprint density at radius 3 is 2.24 bits per heavy atom. The van der Waals surface area contributed by atoms with Crippen LogP contribution in [0.25, 0.3) is 0 Å². The van der Waals surface area contributed by atoms with Gasteiger partial charge in [0, 0.05) is 12.6 Å². The summed E-state index contributed by atoms with van der Waals surface area (Å²) < 4.78 is 14.8. The molecule has 0 aromatic heterocycles.